The number of amides is 2. The Morgan fingerprint density at radius 1 is 1.67 bits per heavy atom. The van der Waals surface area contributed by atoms with E-state index in [0.29, 0.717) is 0 Å². The van der Waals surface area contributed by atoms with Crippen LogP contribution in [-0.4, -0.2) is 44.8 Å². The molecule has 2 rings (SSSR count). The normalized spacial score (nSPS) is 19.6. The number of aliphatic carboxylic acids is 1. The molecule has 0 spiro atoms. The second kappa shape index (κ2) is 4.86. The minimum absolute atomic E-state index is 0.0364. The Morgan fingerprint density at radius 2 is 2.39 bits per heavy atom. The lowest BCUT2D eigenvalue weighted by molar-refractivity contribution is -0.144. The summed E-state index contributed by atoms with van der Waals surface area (Å²) in [6.07, 6.45) is 3.22. The highest BCUT2D eigenvalue weighted by Crippen LogP contribution is 2.04. The Balaban J connectivity index is 1.92. The number of carboxylic acids is 1. The molecular weight excluding hydrogens is 240 g/mol. The number of rotatable bonds is 5. The van der Waals surface area contributed by atoms with Crippen molar-refractivity contribution in [1.29, 1.82) is 0 Å². The van der Waals surface area contributed by atoms with E-state index < -0.39 is 24.0 Å². The summed E-state index contributed by atoms with van der Waals surface area (Å²) in [5, 5.41) is 17.6. The molecule has 2 atom stereocenters. The van der Waals surface area contributed by atoms with Crippen LogP contribution in [0, 0.1) is 0 Å². The number of carboxylic acid groups (broad SMARTS) is 1. The predicted octanol–water partition coefficient (Wildman–Crippen LogP) is -1.66. The summed E-state index contributed by atoms with van der Waals surface area (Å²) in [7, 11) is 0. The molecule has 2 heterocycles. The van der Waals surface area contributed by atoms with Crippen LogP contribution in [0.1, 0.15) is 6.42 Å². The minimum atomic E-state index is -1.15. The fourth-order valence-electron chi connectivity index (χ4n) is 1.57. The first kappa shape index (κ1) is 12.1. The molecule has 3 N–H and O–H groups in total. The van der Waals surface area contributed by atoms with Crippen molar-refractivity contribution in [1.82, 2.24) is 20.4 Å². The van der Waals surface area contributed by atoms with E-state index in [1.54, 1.807) is 12.3 Å². The number of β-lactam (4-membered cyclic amide) rings is 1. The third-order valence-electron chi connectivity index (χ3n) is 2.58. The number of aromatic nitrogens is 2. The highest BCUT2D eigenvalue weighted by molar-refractivity contribution is 5.98. The molecule has 2 amide bonds. The summed E-state index contributed by atoms with van der Waals surface area (Å²) in [6, 6.07) is -0.0424. The third kappa shape index (κ3) is 2.65. The van der Waals surface area contributed by atoms with Crippen LogP contribution in [-0.2, 0) is 20.9 Å². The maximum absolute atomic E-state index is 11.6. The van der Waals surface area contributed by atoms with Gasteiger partial charge in [0.05, 0.1) is 13.0 Å². The van der Waals surface area contributed by atoms with Crippen LogP contribution in [0.25, 0.3) is 0 Å². The Morgan fingerprint density at radius 3 is 2.89 bits per heavy atom. The van der Waals surface area contributed by atoms with Crippen LogP contribution < -0.4 is 10.6 Å². The topological polar surface area (TPSA) is 113 Å². The van der Waals surface area contributed by atoms with E-state index in [1.807, 2.05) is 0 Å². The van der Waals surface area contributed by atoms with Gasteiger partial charge in [-0.3, -0.25) is 14.3 Å². The van der Waals surface area contributed by atoms with Gasteiger partial charge < -0.3 is 15.7 Å². The van der Waals surface area contributed by atoms with Gasteiger partial charge in [-0.05, 0) is 6.07 Å². The number of carbonyl (C=O) groups excluding carboxylic acids is 2. The van der Waals surface area contributed by atoms with E-state index in [9.17, 15) is 14.4 Å². The number of nitrogens with zero attached hydrogens (tertiary/aromatic N) is 2. The van der Waals surface area contributed by atoms with Gasteiger partial charge in [0.1, 0.15) is 12.1 Å². The second-order valence-corrected chi connectivity index (χ2v) is 3.95. The molecule has 1 fully saturated rings. The zero-order chi connectivity index (χ0) is 13.1. The van der Waals surface area contributed by atoms with Gasteiger partial charge in [0.15, 0.2) is 0 Å². The Hall–Kier alpha value is -2.38. The van der Waals surface area contributed by atoms with Crippen molar-refractivity contribution in [3.05, 3.63) is 18.5 Å². The summed E-state index contributed by atoms with van der Waals surface area (Å²) >= 11 is 0. The molecule has 1 aromatic heterocycles. The summed E-state index contributed by atoms with van der Waals surface area (Å²) in [6.45, 7) is 0.0364. The maximum Gasteiger partial charge on any atom is 0.328 e. The molecule has 8 nitrogen and oxygen atoms in total. The molecule has 0 aromatic carbocycles. The van der Waals surface area contributed by atoms with Gasteiger partial charge in [0.25, 0.3) is 0 Å². The fraction of sp³-hybridized carbons (Fsp3) is 0.400. The minimum Gasteiger partial charge on any atom is -0.480 e. The second-order valence-electron chi connectivity index (χ2n) is 3.95. The molecule has 1 aliphatic heterocycles. The zero-order valence-corrected chi connectivity index (χ0v) is 9.37. The molecule has 1 unspecified atom stereocenters. The highest BCUT2D eigenvalue weighted by Gasteiger charge is 2.34. The standard InChI is InChI=1S/C10H12N4O4/c15-8-4-6(12-8)9(16)13-7(10(17)18)5-14-3-1-2-11-14/h1-3,6-7H,4-5H2,(H,12,15)(H,13,16)(H,17,18)/t6-,7?/m0/s1. The van der Waals surface area contributed by atoms with Gasteiger partial charge >= 0.3 is 5.97 Å². The van der Waals surface area contributed by atoms with Gasteiger partial charge in [0.2, 0.25) is 11.8 Å². The van der Waals surface area contributed by atoms with Crippen molar-refractivity contribution in [2.24, 2.45) is 0 Å². The summed E-state index contributed by atoms with van der Waals surface area (Å²) < 4.78 is 1.42. The van der Waals surface area contributed by atoms with Gasteiger partial charge in [-0.1, -0.05) is 0 Å². The van der Waals surface area contributed by atoms with Crippen molar-refractivity contribution in [3.8, 4) is 0 Å². The monoisotopic (exact) mass is 252 g/mol. The number of hydrogen-bond acceptors (Lipinski definition) is 4. The van der Waals surface area contributed by atoms with E-state index in [2.05, 4.69) is 15.7 Å². The molecule has 0 aliphatic carbocycles. The molecule has 8 heteroatoms. The number of nitrogens with one attached hydrogen (secondary N) is 2. The summed E-state index contributed by atoms with van der Waals surface area (Å²) in [5.41, 5.74) is 0. The van der Waals surface area contributed by atoms with Gasteiger partial charge in [-0.2, -0.15) is 5.10 Å². The lowest BCUT2D eigenvalue weighted by Gasteiger charge is -2.27. The molecule has 18 heavy (non-hydrogen) atoms. The lowest BCUT2D eigenvalue weighted by atomic mass is 10.1. The van der Waals surface area contributed by atoms with Crippen LogP contribution in [0.5, 0.6) is 0 Å². The molecule has 0 radical (unpaired) electrons. The maximum atomic E-state index is 11.6. The van der Waals surface area contributed by atoms with Crippen LogP contribution >= 0.6 is 0 Å². The quantitative estimate of drug-likeness (QED) is 0.543. The van der Waals surface area contributed by atoms with Crippen molar-refractivity contribution in [2.45, 2.75) is 25.0 Å². The summed E-state index contributed by atoms with van der Waals surface area (Å²) in [5.74, 6) is -1.85. The zero-order valence-electron chi connectivity index (χ0n) is 9.37. The first-order valence-electron chi connectivity index (χ1n) is 5.36. The number of hydrogen-bond donors (Lipinski definition) is 3. The molecular formula is C10H12N4O4. The molecule has 0 saturated carbocycles. The van der Waals surface area contributed by atoms with E-state index in [1.165, 1.54) is 10.9 Å². The molecule has 0 bridgehead atoms. The van der Waals surface area contributed by atoms with Gasteiger partial charge in [-0.25, -0.2) is 4.79 Å². The van der Waals surface area contributed by atoms with Crippen molar-refractivity contribution in [2.75, 3.05) is 0 Å². The first-order chi connectivity index (χ1) is 8.56. The molecule has 96 valence electrons. The Labute approximate surface area is 102 Å². The van der Waals surface area contributed by atoms with Gasteiger partial charge in [-0.15, -0.1) is 0 Å². The van der Waals surface area contributed by atoms with Gasteiger partial charge in [0, 0.05) is 12.4 Å². The van der Waals surface area contributed by atoms with Crippen molar-refractivity contribution in [3.63, 3.8) is 0 Å². The average Bonchev–Trinajstić information content (AvgIpc) is 2.76. The fourth-order valence-corrected chi connectivity index (χ4v) is 1.57. The van der Waals surface area contributed by atoms with Crippen LogP contribution in [0.15, 0.2) is 18.5 Å². The van der Waals surface area contributed by atoms with E-state index in [4.69, 9.17) is 5.11 Å². The molecule has 1 aromatic rings. The van der Waals surface area contributed by atoms with Crippen LogP contribution in [0.4, 0.5) is 0 Å². The predicted molar refractivity (Wildman–Crippen MR) is 58.3 cm³/mol. The van der Waals surface area contributed by atoms with Crippen molar-refractivity contribution < 1.29 is 19.5 Å². The smallest absolute Gasteiger partial charge is 0.328 e. The Kier molecular flexibility index (Phi) is 3.26. The van der Waals surface area contributed by atoms with Crippen LogP contribution in [0.2, 0.25) is 0 Å². The third-order valence-corrected chi connectivity index (χ3v) is 2.58. The van der Waals surface area contributed by atoms with Crippen LogP contribution in [0.3, 0.4) is 0 Å². The lowest BCUT2D eigenvalue weighted by Crippen LogP contribution is -2.59. The van der Waals surface area contributed by atoms with E-state index in [0.717, 1.165) is 0 Å². The largest absolute Gasteiger partial charge is 0.480 e. The molecule has 1 saturated heterocycles. The SMILES string of the molecule is O=C1C[C@@H](C(=O)NC(Cn2cccn2)C(=O)O)N1. The highest BCUT2D eigenvalue weighted by atomic mass is 16.4. The molecule has 1 aliphatic rings. The van der Waals surface area contributed by atoms with E-state index in [-0.39, 0.29) is 18.9 Å². The first-order valence-corrected chi connectivity index (χ1v) is 5.36. The summed E-state index contributed by atoms with van der Waals surface area (Å²) in [4.78, 5) is 33.3. The van der Waals surface area contributed by atoms with E-state index >= 15 is 0 Å². The van der Waals surface area contributed by atoms with Crippen molar-refractivity contribution >= 4 is 17.8 Å². The Bertz CT molecular complexity index is 462. The average molecular weight is 252 g/mol. The number of carbonyl (C=O) groups is 3.